The van der Waals surface area contributed by atoms with Crippen LogP contribution in [0.1, 0.15) is 15.9 Å². The zero-order valence-corrected chi connectivity index (χ0v) is 16.5. The van der Waals surface area contributed by atoms with E-state index in [-0.39, 0.29) is 33.9 Å². The first-order valence-corrected chi connectivity index (χ1v) is 10.3. The lowest BCUT2D eigenvalue weighted by Crippen LogP contribution is -2.50. The summed E-state index contributed by atoms with van der Waals surface area (Å²) >= 11 is 12.0. The van der Waals surface area contributed by atoms with Gasteiger partial charge >= 0.3 is 0 Å². The number of hydrogen-bond acceptors (Lipinski definition) is 3. The Labute approximate surface area is 163 Å². The Bertz CT molecular complexity index is 939. The average Bonchev–Trinajstić information content (AvgIpc) is 2.64. The number of halogens is 2. The minimum absolute atomic E-state index is 0.00894. The highest BCUT2D eigenvalue weighted by molar-refractivity contribution is 7.89. The molecule has 1 amide bonds. The van der Waals surface area contributed by atoms with Crippen LogP contribution in [0.25, 0.3) is 0 Å². The van der Waals surface area contributed by atoms with E-state index in [1.807, 2.05) is 25.1 Å². The molecule has 1 heterocycles. The summed E-state index contributed by atoms with van der Waals surface area (Å²) in [7, 11) is -3.76. The lowest BCUT2D eigenvalue weighted by atomic mass is 10.1. The molecule has 1 aliphatic heterocycles. The van der Waals surface area contributed by atoms with Gasteiger partial charge in [-0.15, -0.1) is 0 Å². The Morgan fingerprint density at radius 1 is 0.962 bits per heavy atom. The Kier molecular flexibility index (Phi) is 5.58. The summed E-state index contributed by atoms with van der Waals surface area (Å²) in [6.07, 6.45) is 0. The van der Waals surface area contributed by atoms with Crippen molar-refractivity contribution in [1.29, 1.82) is 0 Å². The van der Waals surface area contributed by atoms with Crippen molar-refractivity contribution in [3.05, 3.63) is 63.6 Å². The number of benzene rings is 2. The summed E-state index contributed by atoms with van der Waals surface area (Å²) in [5.41, 5.74) is 1.54. The molecule has 3 rings (SSSR count). The second-order valence-electron chi connectivity index (χ2n) is 6.06. The number of hydrogen-bond donors (Lipinski definition) is 0. The van der Waals surface area contributed by atoms with Gasteiger partial charge in [0.15, 0.2) is 0 Å². The number of rotatable bonds is 3. The van der Waals surface area contributed by atoms with Gasteiger partial charge < -0.3 is 4.90 Å². The summed E-state index contributed by atoms with van der Waals surface area (Å²) in [6, 6.07) is 11.9. The zero-order valence-electron chi connectivity index (χ0n) is 14.2. The molecule has 8 heteroatoms. The van der Waals surface area contributed by atoms with E-state index in [2.05, 4.69) is 0 Å². The van der Waals surface area contributed by atoms with Crippen LogP contribution in [0.3, 0.4) is 0 Å². The molecule has 1 aliphatic rings. The number of sulfonamides is 1. The summed E-state index contributed by atoms with van der Waals surface area (Å²) in [6.45, 7) is 2.95. The first-order valence-electron chi connectivity index (χ1n) is 8.11. The van der Waals surface area contributed by atoms with Crippen molar-refractivity contribution < 1.29 is 13.2 Å². The fourth-order valence-electron chi connectivity index (χ4n) is 2.94. The van der Waals surface area contributed by atoms with Gasteiger partial charge in [-0.25, -0.2) is 8.42 Å². The summed E-state index contributed by atoms with van der Waals surface area (Å²) < 4.78 is 27.0. The van der Waals surface area contributed by atoms with Crippen molar-refractivity contribution in [1.82, 2.24) is 9.21 Å². The third-order valence-corrected chi connectivity index (χ3v) is 7.31. The highest BCUT2D eigenvalue weighted by Gasteiger charge is 2.32. The van der Waals surface area contributed by atoms with Crippen LogP contribution in [0, 0.1) is 6.92 Å². The maximum Gasteiger partial charge on any atom is 0.254 e. The van der Waals surface area contributed by atoms with E-state index in [0.717, 1.165) is 5.56 Å². The third-order valence-electron chi connectivity index (χ3n) is 4.44. The topological polar surface area (TPSA) is 57.7 Å². The molecule has 0 aliphatic carbocycles. The second-order valence-corrected chi connectivity index (χ2v) is 8.75. The number of carbonyl (C=O) groups excluding carboxylic acids is 1. The molecule has 0 atom stereocenters. The number of piperazine rings is 1. The van der Waals surface area contributed by atoms with Gasteiger partial charge in [0.05, 0.1) is 10.0 Å². The zero-order chi connectivity index (χ0) is 18.9. The van der Waals surface area contributed by atoms with Crippen molar-refractivity contribution >= 4 is 39.1 Å². The van der Waals surface area contributed by atoms with E-state index in [9.17, 15) is 13.2 Å². The van der Waals surface area contributed by atoms with Crippen LogP contribution in [-0.4, -0.2) is 49.7 Å². The second kappa shape index (κ2) is 7.56. The van der Waals surface area contributed by atoms with Crippen LogP contribution >= 0.6 is 23.2 Å². The Morgan fingerprint density at radius 3 is 2.27 bits per heavy atom. The van der Waals surface area contributed by atoms with Crippen molar-refractivity contribution in [3.63, 3.8) is 0 Å². The van der Waals surface area contributed by atoms with Gasteiger partial charge in [-0.2, -0.15) is 4.31 Å². The van der Waals surface area contributed by atoms with Crippen molar-refractivity contribution in [2.45, 2.75) is 11.8 Å². The minimum atomic E-state index is -3.76. The molecule has 0 radical (unpaired) electrons. The van der Waals surface area contributed by atoms with E-state index in [1.165, 1.54) is 10.4 Å². The highest BCUT2D eigenvalue weighted by Crippen LogP contribution is 2.31. The molecule has 2 aromatic rings. The Balaban J connectivity index is 1.75. The molecule has 1 saturated heterocycles. The fourth-order valence-corrected chi connectivity index (χ4v) is 5.10. The largest absolute Gasteiger partial charge is 0.336 e. The van der Waals surface area contributed by atoms with Gasteiger partial charge in [-0.05, 0) is 30.7 Å². The lowest BCUT2D eigenvalue weighted by molar-refractivity contribution is 0.0697. The number of amides is 1. The van der Waals surface area contributed by atoms with Crippen LogP contribution in [0.2, 0.25) is 10.0 Å². The van der Waals surface area contributed by atoms with Crippen LogP contribution in [0.15, 0.2) is 47.4 Å². The maximum atomic E-state index is 12.8. The number of aryl methyl sites for hydroxylation is 1. The van der Waals surface area contributed by atoms with Gasteiger partial charge in [0.1, 0.15) is 4.90 Å². The van der Waals surface area contributed by atoms with E-state index in [1.54, 1.807) is 23.1 Å². The molecule has 5 nitrogen and oxygen atoms in total. The SMILES string of the molecule is Cc1ccccc1C(=O)N1CCN(S(=O)(=O)c2cccc(Cl)c2Cl)CC1. The van der Waals surface area contributed by atoms with Crippen molar-refractivity contribution in [2.75, 3.05) is 26.2 Å². The molecule has 0 bridgehead atoms. The molecular formula is C18H18Cl2N2O3S. The molecule has 2 aromatic carbocycles. The molecule has 0 unspecified atom stereocenters. The summed E-state index contributed by atoms with van der Waals surface area (Å²) in [5.74, 6) is -0.0825. The van der Waals surface area contributed by atoms with Gasteiger partial charge in [0.2, 0.25) is 10.0 Å². The predicted octanol–water partition coefficient (Wildman–Crippen LogP) is 3.45. The third kappa shape index (κ3) is 3.60. The van der Waals surface area contributed by atoms with Crippen LogP contribution in [0.4, 0.5) is 0 Å². The lowest BCUT2D eigenvalue weighted by Gasteiger charge is -2.34. The van der Waals surface area contributed by atoms with E-state index >= 15 is 0 Å². The summed E-state index contributed by atoms with van der Waals surface area (Å²) in [4.78, 5) is 14.3. The molecule has 0 aromatic heterocycles. The molecule has 0 N–H and O–H groups in total. The molecule has 138 valence electrons. The normalized spacial score (nSPS) is 15.9. The Hall–Kier alpha value is -1.60. The van der Waals surface area contributed by atoms with Gasteiger partial charge in [0.25, 0.3) is 5.91 Å². The average molecular weight is 413 g/mol. The van der Waals surface area contributed by atoms with E-state index in [4.69, 9.17) is 23.2 Å². The van der Waals surface area contributed by atoms with Crippen LogP contribution in [0.5, 0.6) is 0 Å². The van der Waals surface area contributed by atoms with Gasteiger partial charge in [-0.3, -0.25) is 4.79 Å². The van der Waals surface area contributed by atoms with Crippen molar-refractivity contribution in [2.24, 2.45) is 0 Å². The standard InChI is InChI=1S/C18H18Cl2N2O3S/c1-13-5-2-3-6-14(13)18(23)21-9-11-22(12-10-21)26(24,25)16-8-4-7-15(19)17(16)20/h2-8H,9-12H2,1H3. The predicted molar refractivity (Wildman–Crippen MR) is 102 cm³/mol. The first kappa shape index (κ1) is 19.2. The maximum absolute atomic E-state index is 12.8. The quantitative estimate of drug-likeness (QED) is 0.775. The van der Waals surface area contributed by atoms with Crippen LogP contribution < -0.4 is 0 Å². The fraction of sp³-hybridized carbons (Fsp3) is 0.278. The molecule has 0 spiro atoms. The highest BCUT2D eigenvalue weighted by atomic mass is 35.5. The monoisotopic (exact) mass is 412 g/mol. The first-order chi connectivity index (χ1) is 12.3. The smallest absolute Gasteiger partial charge is 0.254 e. The van der Waals surface area contributed by atoms with Gasteiger partial charge in [0, 0.05) is 31.7 Å². The number of nitrogens with zero attached hydrogens (tertiary/aromatic N) is 2. The van der Waals surface area contributed by atoms with E-state index < -0.39 is 10.0 Å². The molecule has 26 heavy (non-hydrogen) atoms. The number of carbonyl (C=O) groups is 1. The van der Waals surface area contributed by atoms with Crippen LogP contribution in [-0.2, 0) is 10.0 Å². The summed E-state index contributed by atoms with van der Waals surface area (Å²) in [5, 5.41) is 0.216. The molecule has 1 fully saturated rings. The van der Waals surface area contributed by atoms with E-state index in [0.29, 0.717) is 18.7 Å². The van der Waals surface area contributed by atoms with Crippen molar-refractivity contribution in [3.8, 4) is 0 Å². The Morgan fingerprint density at radius 2 is 1.62 bits per heavy atom. The molecular weight excluding hydrogens is 395 g/mol. The van der Waals surface area contributed by atoms with Gasteiger partial charge in [-0.1, -0.05) is 47.5 Å². The molecule has 0 saturated carbocycles. The minimum Gasteiger partial charge on any atom is -0.336 e.